The molecule has 0 aliphatic heterocycles. The molecule has 6 nitrogen and oxygen atoms in total. The third-order valence-electron chi connectivity index (χ3n) is 13.6. The molecule has 0 bridgehead atoms. The first-order valence-electron chi connectivity index (χ1n) is 29.8. The molecule has 394 valence electrons. The van der Waals surface area contributed by atoms with Crippen LogP contribution in [0.3, 0.4) is 0 Å². The molecule has 0 saturated carbocycles. The molecule has 67 heavy (non-hydrogen) atoms. The van der Waals surface area contributed by atoms with Crippen LogP contribution in [0, 0.1) is 0 Å². The number of amides is 1. The van der Waals surface area contributed by atoms with Crippen molar-refractivity contribution in [1.82, 2.24) is 5.32 Å². The van der Waals surface area contributed by atoms with Gasteiger partial charge in [0.2, 0.25) is 5.91 Å². The minimum atomic E-state index is -0.855. The zero-order chi connectivity index (χ0) is 48.6. The monoisotopic (exact) mass is 942 g/mol. The molecule has 1 amide bonds. The van der Waals surface area contributed by atoms with Crippen molar-refractivity contribution in [3.8, 4) is 0 Å². The minimum Gasteiger partial charge on any atom is -0.466 e. The van der Waals surface area contributed by atoms with Gasteiger partial charge in [-0.2, -0.15) is 0 Å². The molecule has 2 unspecified atom stereocenters. The molecule has 0 fully saturated rings. The molecule has 0 radical (unpaired) electrons. The molecule has 0 aromatic rings. The van der Waals surface area contributed by atoms with Gasteiger partial charge >= 0.3 is 5.97 Å². The number of ether oxygens (including phenoxy) is 1. The van der Waals surface area contributed by atoms with E-state index in [2.05, 4.69) is 43.5 Å². The fourth-order valence-corrected chi connectivity index (χ4v) is 9.03. The van der Waals surface area contributed by atoms with Crippen LogP contribution in [0.4, 0.5) is 0 Å². The van der Waals surface area contributed by atoms with Crippen molar-refractivity contribution >= 4 is 11.9 Å². The summed E-state index contributed by atoms with van der Waals surface area (Å²) in [6.07, 6.45) is 70.2. The van der Waals surface area contributed by atoms with Crippen molar-refractivity contribution in [2.24, 2.45) is 0 Å². The predicted molar refractivity (Wildman–Crippen MR) is 292 cm³/mol. The third kappa shape index (κ3) is 53.3. The Morgan fingerprint density at radius 2 is 0.701 bits per heavy atom. The van der Waals surface area contributed by atoms with Crippen molar-refractivity contribution in [2.75, 3.05) is 13.2 Å². The molecule has 0 aliphatic carbocycles. The second-order valence-electron chi connectivity index (χ2n) is 20.3. The second-order valence-corrected chi connectivity index (χ2v) is 20.3. The highest BCUT2D eigenvalue weighted by Crippen LogP contribution is 2.16. The zero-order valence-electron chi connectivity index (χ0n) is 44.9. The number of aliphatic hydroxyl groups is 2. The average Bonchev–Trinajstić information content (AvgIpc) is 3.33. The van der Waals surface area contributed by atoms with Crippen LogP contribution in [0.1, 0.15) is 316 Å². The van der Waals surface area contributed by atoms with Crippen molar-refractivity contribution in [3.63, 3.8) is 0 Å². The number of rotatable bonds is 55. The molecule has 0 saturated heterocycles. The first-order valence-corrected chi connectivity index (χ1v) is 29.8. The Morgan fingerprint density at radius 3 is 1.06 bits per heavy atom. The lowest BCUT2D eigenvalue weighted by molar-refractivity contribution is -0.143. The Labute approximate surface area is 417 Å². The molecule has 3 N–H and O–H groups in total. The van der Waals surface area contributed by atoms with Crippen molar-refractivity contribution in [1.29, 1.82) is 0 Å². The number of hydrogen-bond acceptors (Lipinski definition) is 5. The molecule has 0 aromatic heterocycles. The van der Waals surface area contributed by atoms with Gasteiger partial charge in [-0.3, -0.25) is 9.59 Å². The van der Waals surface area contributed by atoms with Gasteiger partial charge < -0.3 is 20.3 Å². The molecule has 0 aromatic carbocycles. The van der Waals surface area contributed by atoms with E-state index in [0.29, 0.717) is 19.4 Å². The van der Waals surface area contributed by atoms with Gasteiger partial charge in [0.1, 0.15) is 0 Å². The minimum absolute atomic E-state index is 0.0141. The first kappa shape index (κ1) is 65.1. The normalized spacial score (nSPS) is 12.8. The highest BCUT2D eigenvalue weighted by molar-refractivity contribution is 5.76. The van der Waals surface area contributed by atoms with Gasteiger partial charge in [-0.1, -0.05) is 256 Å². The van der Waals surface area contributed by atoms with Crippen molar-refractivity contribution in [2.45, 2.75) is 328 Å². The van der Waals surface area contributed by atoms with Crippen LogP contribution in [-0.2, 0) is 14.3 Å². The SMILES string of the molecule is CCCCCCCCC/C=C\CCCCCCCCCC(=O)OCCCCCC/C=C\CCCCCCCCCC(=O)NC(CO)C(O)/C=C/CCCCCCCCCCCCCCCCC. The maximum absolute atomic E-state index is 12.5. The van der Waals surface area contributed by atoms with E-state index in [1.165, 1.54) is 218 Å². The standard InChI is InChI=1S/C61H115NO5/c1-3-5-7-9-11-13-15-17-19-21-23-27-31-35-39-43-47-51-55-61(66)67-56-52-48-44-40-36-32-28-24-26-30-34-38-42-46-50-54-60(65)62-58(57-63)59(64)53-49-45-41-37-33-29-25-22-20-18-16-14-12-10-8-6-4-2/h19,21,28,32,49,53,58-59,63-64H,3-18,20,22-27,29-31,33-48,50-52,54-57H2,1-2H3,(H,62,65)/b21-19-,32-28-,53-49+. The van der Waals surface area contributed by atoms with Gasteiger partial charge in [0, 0.05) is 12.8 Å². The predicted octanol–water partition coefficient (Wildman–Crippen LogP) is 18.4. The van der Waals surface area contributed by atoms with E-state index in [1.807, 2.05) is 6.08 Å². The Morgan fingerprint density at radius 1 is 0.403 bits per heavy atom. The molecular weight excluding hydrogens is 827 g/mol. The lowest BCUT2D eigenvalue weighted by atomic mass is 10.0. The maximum Gasteiger partial charge on any atom is 0.305 e. The number of allylic oxidation sites excluding steroid dienone is 5. The fourth-order valence-electron chi connectivity index (χ4n) is 9.03. The van der Waals surface area contributed by atoms with E-state index in [4.69, 9.17) is 4.74 Å². The molecule has 2 atom stereocenters. The van der Waals surface area contributed by atoms with Gasteiger partial charge in [-0.15, -0.1) is 0 Å². The maximum atomic E-state index is 12.5. The van der Waals surface area contributed by atoms with Crippen molar-refractivity contribution < 1.29 is 24.5 Å². The van der Waals surface area contributed by atoms with Gasteiger partial charge in [-0.05, 0) is 83.5 Å². The Balaban J connectivity index is 3.49. The molecule has 6 heteroatoms. The Bertz CT molecular complexity index is 1090. The summed E-state index contributed by atoms with van der Waals surface area (Å²) in [5, 5.41) is 23.1. The van der Waals surface area contributed by atoms with E-state index < -0.39 is 12.1 Å². The summed E-state index contributed by atoms with van der Waals surface area (Å²) in [7, 11) is 0. The number of nitrogens with one attached hydrogen (secondary N) is 1. The summed E-state index contributed by atoms with van der Waals surface area (Å²) < 4.78 is 5.47. The molecule has 0 rings (SSSR count). The number of aliphatic hydroxyl groups excluding tert-OH is 2. The van der Waals surface area contributed by atoms with Gasteiger partial charge in [0.05, 0.1) is 25.4 Å². The largest absolute Gasteiger partial charge is 0.466 e. The number of carbonyl (C=O) groups excluding carboxylic acids is 2. The highest BCUT2D eigenvalue weighted by Gasteiger charge is 2.18. The number of hydrogen-bond donors (Lipinski definition) is 3. The summed E-state index contributed by atoms with van der Waals surface area (Å²) in [5.74, 6) is -0.0962. The van der Waals surface area contributed by atoms with E-state index in [0.717, 1.165) is 70.6 Å². The number of esters is 1. The zero-order valence-corrected chi connectivity index (χ0v) is 44.9. The quantitative estimate of drug-likeness (QED) is 0.0321. The van der Waals surface area contributed by atoms with E-state index in [-0.39, 0.29) is 18.5 Å². The van der Waals surface area contributed by atoms with Crippen LogP contribution in [0.2, 0.25) is 0 Å². The molecule has 0 spiro atoms. The summed E-state index contributed by atoms with van der Waals surface area (Å²) >= 11 is 0. The topological polar surface area (TPSA) is 95.9 Å². The van der Waals surface area contributed by atoms with Crippen LogP contribution in [0.5, 0.6) is 0 Å². The average molecular weight is 943 g/mol. The molecule has 0 aliphatic rings. The van der Waals surface area contributed by atoms with Crippen LogP contribution in [-0.4, -0.2) is 47.4 Å². The first-order chi connectivity index (χ1) is 33.0. The lowest BCUT2D eigenvalue weighted by Crippen LogP contribution is -2.45. The van der Waals surface area contributed by atoms with E-state index >= 15 is 0 Å². The fraction of sp³-hybridized carbons (Fsp3) is 0.869. The number of unbranched alkanes of at least 4 members (excludes halogenated alkanes) is 40. The van der Waals surface area contributed by atoms with Gasteiger partial charge in [0.15, 0.2) is 0 Å². The Hall–Kier alpha value is -1.92. The molecule has 0 heterocycles. The number of carbonyl (C=O) groups is 2. The summed E-state index contributed by atoms with van der Waals surface area (Å²) in [4.78, 5) is 24.5. The van der Waals surface area contributed by atoms with Gasteiger partial charge in [0.25, 0.3) is 0 Å². The van der Waals surface area contributed by atoms with Crippen LogP contribution in [0.15, 0.2) is 36.5 Å². The third-order valence-corrected chi connectivity index (χ3v) is 13.6. The molecular formula is C61H115NO5. The summed E-state index contributed by atoms with van der Waals surface area (Å²) in [6.45, 7) is 4.88. The van der Waals surface area contributed by atoms with Crippen LogP contribution >= 0.6 is 0 Å². The lowest BCUT2D eigenvalue weighted by Gasteiger charge is -2.20. The summed E-state index contributed by atoms with van der Waals surface area (Å²) in [5.41, 5.74) is 0. The van der Waals surface area contributed by atoms with Gasteiger partial charge in [-0.25, -0.2) is 0 Å². The Kier molecular flexibility index (Phi) is 55.0. The second kappa shape index (κ2) is 56.7. The van der Waals surface area contributed by atoms with Crippen molar-refractivity contribution in [3.05, 3.63) is 36.5 Å². The van der Waals surface area contributed by atoms with E-state index in [9.17, 15) is 19.8 Å². The highest BCUT2D eigenvalue weighted by atomic mass is 16.5. The van der Waals surface area contributed by atoms with Crippen LogP contribution in [0.25, 0.3) is 0 Å². The van der Waals surface area contributed by atoms with Crippen LogP contribution < -0.4 is 5.32 Å². The summed E-state index contributed by atoms with van der Waals surface area (Å²) in [6, 6.07) is -0.640. The van der Waals surface area contributed by atoms with E-state index in [1.54, 1.807) is 6.08 Å². The smallest absolute Gasteiger partial charge is 0.305 e.